The van der Waals surface area contributed by atoms with Crippen LogP contribution >= 0.6 is 0 Å². The van der Waals surface area contributed by atoms with Gasteiger partial charge in [0.1, 0.15) is 18.1 Å². The van der Waals surface area contributed by atoms with Gasteiger partial charge in [0, 0.05) is 36.5 Å². The number of nitrogens with two attached hydrogens (primary N) is 4. The fraction of sp³-hybridized carbons (Fsp3) is 0.423. The molecule has 1 heterocycles. The zero-order valence-corrected chi connectivity index (χ0v) is 23.2. The van der Waals surface area contributed by atoms with Gasteiger partial charge in [-0.3, -0.25) is 29.0 Å². The molecular formula is C26H37N9O8. The number of carbonyl (C=O) groups excluding carboxylic acids is 4. The fourth-order valence-electron chi connectivity index (χ4n) is 4.13. The highest BCUT2D eigenvalue weighted by molar-refractivity contribution is 5.95. The van der Waals surface area contributed by atoms with Crippen molar-refractivity contribution in [2.75, 3.05) is 6.54 Å². The number of aromatic amines is 1. The summed E-state index contributed by atoms with van der Waals surface area (Å²) in [7, 11) is 0. The fourth-order valence-corrected chi connectivity index (χ4v) is 4.13. The van der Waals surface area contributed by atoms with Gasteiger partial charge >= 0.3 is 11.9 Å². The van der Waals surface area contributed by atoms with E-state index in [0.717, 1.165) is 10.9 Å². The molecule has 0 radical (unpaired) electrons. The van der Waals surface area contributed by atoms with Gasteiger partial charge in [-0.25, -0.2) is 4.79 Å². The summed E-state index contributed by atoms with van der Waals surface area (Å²) in [6, 6.07) is 1.66. The predicted molar refractivity (Wildman–Crippen MR) is 154 cm³/mol. The lowest BCUT2D eigenvalue weighted by Crippen LogP contribution is -2.57. The number of aliphatic carboxylic acids is 2. The summed E-state index contributed by atoms with van der Waals surface area (Å²) in [6.45, 7) is 0.0731. The topological polar surface area (TPSA) is 311 Å². The molecule has 2 aromatic rings. The maximum atomic E-state index is 13.6. The molecule has 0 aliphatic rings. The highest BCUT2D eigenvalue weighted by Crippen LogP contribution is 2.19. The summed E-state index contributed by atoms with van der Waals surface area (Å²) < 4.78 is 0. The minimum absolute atomic E-state index is 0.0385. The van der Waals surface area contributed by atoms with Crippen LogP contribution in [0.4, 0.5) is 0 Å². The standard InChI is InChI=1S/C26H37N9O8/c27-15(7-8-20(28)36)22(39)34-18(10-13-12-32-16-5-2-1-4-14(13)16)24(41)33-17(6-3-9-31-26(29)30)23(40)35-19(25(42)43)11-21(37)38/h1-2,4-5,12,15,17-19,32H,3,6-11,27H2,(H2,28,36)(H,33,41)(H,34,39)(H,35,40)(H,37,38)(H,42,43)(H4,29,30,31). The van der Waals surface area contributed by atoms with Crippen LogP contribution in [0.3, 0.4) is 0 Å². The van der Waals surface area contributed by atoms with E-state index in [0.29, 0.717) is 5.56 Å². The van der Waals surface area contributed by atoms with Crippen molar-refractivity contribution in [1.29, 1.82) is 0 Å². The molecular weight excluding hydrogens is 566 g/mol. The van der Waals surface area contributed by atoms with E-state index in [9.17, 15) is 33.9 Å². The second-order valence-corrected chi connectivity index (χ2v) is 9.74. The van der Waals surface area contributed by atoms with Gasteiger partial charge in [0.25, 0.3) is 0 Å². The molecule has 4 unspecified atom stereocenters. The first-order chi connectivity index (χ1) is 20.3. The van der Waals surface area contributed by atoms with Gasteiger partial charge in [-0.15, -0.1) is 0 Å². The van der Waals surface area contributed by atoms with E-state index in [1.807, 2.05) is 18.2 Å². The van der Waals surface area contributed by atoms with E-state index in [1.165, 1.54) is 0 Å². The Morgan fingerprint density at radius 1 is 0.860 bits per heavy atom. The van der Waals surface area contributed by atoms with Crippen LogP contribution in [-0.4, -0.2) is 87.4 Å². The Hall–Kier alpha value is -5.19. The third kappa shape index (κ3) is 11.3. The van der Waals surface area contributed by atoms with Crippen molar-refractivity contribution in [1.82, 2.24) is 20.9 Å². The molecule has 14 N–H and O–H groups in total. The van der Waals surface area contributed by atoms with E-state index in [-0.39, 0.29) is 44.6 Å². The summed E-state index contributed by atoms with van der Waals surface area (Å²) in [6.07, 6.45) is 0.587. The lowest BCUT2D eigenvalue weighted by atomic mass is 10.0. The molecule has 0 saturated heterocycles. The summed E-state index contributed by atoms with van der Waals surface area (Å²) >= 11 is 0. The van der Waals surface area contributed by atoms with Crippen LogP contribution in [0.2, 0.25) is 0 Å². The molecule has 0 aliphatic carbocycles. The Kier molecular flexibility index (Phi) is 12.9. The number of aromatic nitrogens is 1. The number of benzene rings is 1. The molecule has 234 valence electrons. The molecule has 0 saturated carbocycles. The first-order valence-corrected chi connectivity index (χ1v) is 13.3. The number of para-hydroxylation sites is 1. The number of amides is 4. The highest BCUT2D eigenvalue weighted by atomic mass is 16.4. The average molecular weight is 604 g/mol. The van der Waals surface area contributed by atoms with Gasteiger partial charge < -0.3 is 54.1 Å². The van der Waals surface area contributed by atoms with E-state index >= 15 is 0 Å². The van der Waals surface area contributed by atoms with E-state index in [1.54, 1.807) is 12.3 Å². The molecule has 0 fully saturated rings. The van der Waals surface area contributed by atoms with Crippen molar-refractivity contribution in [2.24, 2.45) is 27.9 Å². The van der Waals surface area contributed by atoms with Crippen LogP contribution in [0.25, 0.3) is 10.9 Å². The Bertz CT molecular complexity index is 1360. The van der Waals surface area contributed by atoms with Crippen LogP contribution in [0.15, 0.2) is 35.5 Å². The molecule has 17 heteroatoms. The number of aliphatic imine (C=N–C) groups is 1. The van der Waals surface area contributed by atoms with Gasteiger partial charge in [-0.2, -0.15) is 0 Å². The van der Waals surface area contributed by atoms with Crippen LogP contribution in [0.1, 0.15) is 37.7 Å². The van der Waals surface area contributed by atoms with Gasteiger partial charge in [0.15, 0.2) is 5.96 Å². The largest absolute Gasteiger partial charge is 0.481 e. The van der Waals surface area contributed by atoms with Gasteiger partial charge in [0.05, 0.1) is 12.5 Å². The molecule has 0 spiro atoms. The Morgan fingerprint density at radius 3 is 2.12 bits per heavy atom. The van der Waals surface area contributed by atoms with E-state index < -0.39 is 66.2 Å². The second-order valence-electron chi connectivity index (χ2n) is 9.74. The van der Waals surface area contributed by atoms with E-state index in [4.69, 9.17) is 28.0 Å². The lowest BCUT2D eigenvalue weighted by Gasteiger charge is -2.25. The summed E-state index contributed by atoms with van der Waals surface area (Å²) in [5.41, 5.74) is 23.1. The van der Waals surface area contributed by atoms with Gasteiger partial charge in [-0.1, -0.05) is 18.2 Å². The monoisotopic (exact) mass is 603 g/mol. The van der Waals surface area contributed by atoms with Crippen LogP contribution < -0.4 is 38.9 Å². The highest BCUT2D eigenvalue weighted by Gasteiger charge is 2.31. The van der Waals surface area contributed by atoms with Crippen molar-refractivity contribution >= 4 is 52.4 Å². The van der Waals surface area contributed by atoms with Crippen molar-refractivity contribution in [3.05, 3.63) is 36.0 Å². The summed E-state index contributed by atoms with van der Waals surface area (Å²) in [5.74, 6) is -6.44. The number of hydrogen-bond acceptors (Lipinski definition) is 8. The van der Waals surface area contributed by atoms with Crippen LogP contribution in [0.5, 0.6) is 0 Å². The Labute approximate surface area is 245 Å². The number of hydrogen-bond donors (Lipinski definition) is 10. The zero-order valence-electron chi connectivity index (χ0n) is 23.2. The van der Waals surface area contributed by atoms with Gasteiger partial charge in [0.2, 0.25) is 23.6 Å². The smallest absolute Gasteiger partial charge is 0.326 e. The number of nitrogens with one attached hydrogen (secondary N) is 4. The van der Waals surface area contributed by atoms with Crippen molar-refractivity contribution < 1.29 is 39.0 Å². The second kappa shape index (κ2) is 16.3. The van der Waals surface area contributed by atoms with Crippen molar-refractivity contribution in [3.8, 4) is 0 Å². The van der Waals surface area contributed by atoms with Crippen molar-refractivity contribution in [2.45, 2.75) is 62.7 Å². The molecule has 2 rings (SSSR count). The number of nitrogens with zero attached hydrogens (tertiary/aromatic N) is 1. The average Bonchev–Trinajstić information content (AvgIpc) is 3.34. The normalized spacial score (nSPS) is 13.6. The summed E-state index contributed by atoms with van der Waals surface area (Å²) in [4.78, 5) is 80.2. The number of carbonyl (C=O) groups is 6. The quantitative estimate of drug-likeness (QED) is 0.0477. The number of primary amides is 1. The molecule has 1 aromatic heterocycles. The third-order valence-electron chi connectivity index (χ3n) is 6.34. The molecule has 4 amide bonds. The van der Waals surface area contributed by atoms with Crippen LogP contribution in [-0.2, 0) is 35.2 Å². The summed E-state index contributed by atoms with van der Waals surface area (Å²) in [5, 5.41) is 26.3. The first-order valence-electron chi connectivity index (χ1n) is 13.3. The number of carboxylic acids is 2. The zero-order chi connectivity index (χ0) is 32.1. The number of rotatable bonds is 18. The molecule has 4 atom stereocenters. The molecule has 43 heavy (non-hydrogen) atoms. The SMILES string of the molecule is NC(=O)CCC(N)C(=O)NC(Cc1c[nH]c2ccccc12)C(=O)NC(CCCN=C(N)N)C(=O)NC(CC(=O)O)C(=O)O. The number of guanidine groups is 1. The molecule has 17 nitrogen and oxygen atoms in total. The van der Waals surface area contributed by atoms with Gasteiger partial charge in [-0.05, 0) is 30.9 Å². The Balaban J connectivity index is 2.33. The molecule has 1 aromatic carbocycles. The maximum Gasteiger partial charge on any atom is 0.326 e. The minimum atomic E-state index is -1.77. The molecule has 0 aliphatic heterocycles. The Morgan fingerprint density at radius 2 is 1.49 bits per heavy atom. The number of carboxylic acid groups (broad SMARTS) is 2. The van der Waals surface area contributed by atoms with E-state index in [2.05, 4.69) is 25.9 Å². The van der Waals surface area contributed by atoms with Crippen molar-refractivity contribution in [3.63, 3.8) is 0 Å². The number of H-pyrrole nitrogens is 1. The first kappa shape index (κ1) is 34.0. The van der Waals surface area contributed by atoms with Crippen LogP contribution in [0, 0.1) is 0 Å². The lowest BCUT2D eigenvalue weighted by molar-refractivity contribution is -0.147. The minimum Gasteiger partial charge on any atom is -0.481 e. The predicted octanol–water partition coefficient (Wildman–Crippen LogP) is -2.63. The maximum absolute atomic E-state index is 13.6. The third-order valence-corrected chi connectivity index (χ3v) is 6.34. The molecule has 0 bridgehead atoms. The number of fused-ring (bicyclic) bond motifs is 1.